The summed E-state index contributed by atoms with van der Waals surface area (Å²) in [6.07, 6.45) is 1.26. The average Bonchev–Trinajstić information content (AvgIpc) is 3.86. The van der Waals surface area contributed by atoms with Crippen molar-refractivity contribution in [1.82, 2.24) is 15.1 Å². The van der Waals surface area contributed by atoms with E-state index in [0.717, 1.165) is 40.7 Å². The number of piperazine rings is 1. The second kappa shape index (κ2) is 13.3. The van der Waals surface area contributed by atoms with Gasteiger partial charge in [-0.2, -0.15) is 0 Å². The lowest BCUT2D eigenvalue weighted by Gasteiger charge is -2.47. The van der Waals surface area contributed by atoms with E-state index in [1.807, 2.05) is 79.4 Å². The molecule has 2 bridgehead atoms. The molecule has 1 saturated carbocycles. The Morgan fingerprint density at radius 1 is 0.956 bits per heavy atom. The van der Waals surface area contributed by atoms with E-state index in [0.29, 0.717) is 66.4 Å². The molecule has 0 spiro atoms. The van der Waals surface area contributed by atoms with Crippen molar-refractivity contribution >= 4 is 40.8 Å². The van der Waals surface area contributed by atoms with Gasteiger partial charge in [0.2, 0.25) is 0 Å². The molecule has 2 amide bonds. The average molecular weight is 651 g/mol. The van der Waals surface area contributed by atoms with Crippen molar-refractivity contribution in [2.75, 3.05) is 26.3 Å². The summed E-state index contributed by atoms with van der Waals surface area (Å²) in [6, 6.07) is 18.3. The minimum absolute atomic E-state index is 0.103. The molecule has 1 saturated heterocycles. The molecule has 3 aliphatic rings. The number of fused-ring (bicyclic) bond motifs is 2. The second-order valence-electron chi connectivity index (χ2n) is 12.0. The summed E-state index contributed by atoms with van der Waals surface area (Å²) in [5, 5.41) is 14.7. The first-order valence-corrected chi connectivity index (χ1v) is 16.1. The standard InChI is InChI=1S/C35H37Cl2N3O5/c1-21-15-30(37)32(16-22(21)2)45-14-13-44-27-11-7-23(8-12-27)28-17-26-18-38-19-31(40(26)35(42)43)33(28)34(41)39(25-9-10-25)20-24-5-3-4-6-29(24)36/h3-8,11-12,15-16,25-26,31,38H,9-10,13-14,17-20H2,1-2H3,(H,42,43)/t26-,31-/m1/s1. The molecule has 2 atom stereocenters. The van der Waals surface area contributed by atoms with Gasteiger partial charge in [0.15, 0.2) is 0 Å². The van der Waals surface area contributed by atoms with Gasteiger partial charge in [-0.05, 0) is 91.3 Å². The summed E-state index contributed by atoms with van der Waals surface area (Å²) >= 11 is 12.8. The highest BCUT2D eigenvalue weighted by atomic mass is 35.5. The van der Waals surface area contributed by atoms with E-state index in [2.05, 4.69) is 5.32 Å². The van der Waals surface area contributed by atoms with Gasteiger partial charge < -0.3 is 24.8 Å². The highest BCUT2D eigenvalue weighted by Crippen LogP contribution is 2.40. The van der Waals surface area contributed by atoms with Crippen LogP contribution in [0.25, 0.3) is 5.57 Å². The van der Waals surface area contributed by atoms with E-state index >= 15 is 0 Å². The molecule has 1 aliphatic carbocycles. The first kappa shape index (κ1) is 31.3. The number of halogens is 2. The van der Waals surface area contributed by atoms with Crippen molar-refractivity contribution in [2.45, 2.75) is 57.8 Å². The highest BCUT2D eigenvalue weighted by Gasteiger charge is 2.46. The van der Waals surface area contributed by atoms with Crippen LogP contribution in [0.3, 0.4) is 0 Å². The number of nitrogens with zero attached hydrogens (tertiary/aromatic N) is 2. The fourth-order valence-electron chi connectivity index (χ4n) is 6.28. The van der Waals surface area contributed by atoms with Crippen molar-refractivity contribution in [3.8, 4) is 11.5 Å². The topological polar surface area (TPSA) is 91.3 Å². The van der Waals surface area contributed by atoms with Crippen LogP contribution in [0.2, 0.25) is 10.0 Å². The van der Waals surface area contributed by atoms with Crippen LogP contribution in [-0.4, -0.2) is 71.3 Å². The summed E-state index contributed by atoms with van der Waals surface area (Å²) in [4.78, 5) is 30.3. The monoisotopic (exact) mass is 649 g/mol. The number of hydrogen-bond acceptors (Lipinski definition) is 5. The summed E-state index contributed by atoms with van der Waals surface area (Å²) in [7, 11) is 0. The lowest BCUT2D eigenvalue weighted by molar-refractivity contribution is -0.129. The number of carbonyl (C=O) groups is 2. The van der Waals surface area contributed by atoms with Gasteiger partial charge in [0.25, 0.3) is 5.91 Å². The quantitative estimate of drug-likeness (QED) is 0.237. The lowest BCUT2D eigenvalue weighted by Crippen LogP contribution is -2.63. The Morgan fingerprint density at radius 3 is 2.38 bits per heavy atom. The third-order valence-electron chi connectivity index (χ3n) is 8.90. The van der Waals surface area contributed by atoms with Crippen LogP contribution in [0.5, 0.6) is 11.5 Å². The lowest BCUT2D eigenvalue weighted by atomic mass is 9.82. The maximum atomic E-state index is 14.5. The molecule has 2 aliphatic heterocycles. The Balaban J connectivity index is 1.24. The van der Waals surface area contributed by atoms with Crippen LogP contribution in [0.15, 0.2) is 66.2 Å². The minimum atomic E-state index is -1.01. The molecule has 2 fully saturated rings. The number of nitrogens with one attached hydrogen (secondary N) is 1. The molecule has 3 aromatic rings. The smallest absolute Gasteiger partial charge is 0.408 e. The fraction of sp³-hybridized carbons (Fsp3) is 0.371. The van der Waals surface area contributed by atoms with Crippen molar-refractivity contribution < 1.29 is 24.2 Å². The number of carbonyl (C=O) groups excluding carboxylic acids is 1. The summed E-state index contributed by atoms with van der Waals surface area (Å²) in [5.74, 6) is 1.17. The zero-order valence-electron chi connectivity index (χ0n) is 25.4. The largest absolute Gasteiger partial charge is 0.490 e. The Labute approximate surface area is 273 Å². The molecule has 3 aromatic carbocycles. The Hall–Kier alpha value is -3.72. The third-order valence-corrected chi connectivity index (χ3v) is 9.57. The predicted molar refractivity (Wildman–Crippen MR) is 175 cm³/mol. The van der Waals surface area contributed by atoms with E-state index in [9.17, 15) is 14.7 Å². The maximum absolute atomic E-state index is 14.5. The molecular weight excluding hydrogens is 613 g/mol. The first-order chi connectivity index (χ1) is 21.7. The number of aryl methyl sites for hydroxylation is 2. The van der Waals surface area contributed by atoms with Crippen molar-refractivity contribution in [2.24, 2.45) is 0 Å². The van der Waals surface area contributed by atoms with Crippen LogP contribution in [0.4, 0.5) is 4.79 Å². The third kappa shape index (κ3) is 6.78. The number of ether oxygens (including phenoxy) is 2. The van der Waals surface area contributed by atoms with Gasteiger partial charge in [-0.1, -0.05) is 53.5 Å². The molecule has 2 heterocycles. The molecule has 236 valence electrons. The number of amides is 2. The van der Waals surface area contributed by atoms with Crippen molar-refractivity contribution in [1.29, 1.82) is 0 Å². The summed E-state index contributed by atoms with van der Waals surface area (Å²) < 4.78 is 11.8. The maximum Gasteiger partial charge on any atom is 0.408 e. The van der Waals surface area contributed by atoms with E-state index < -0.39 is 12.1 Å². The highest BCUT2D eigenvalue weighted by molar-refractivity contribution is 6.32. The molecule has 45 heavy (non-hydrogen) atoms. The molecule has 0 aromatic heterocycles. The first-order valence-electron chi connectivity index (χ1n) is 15.3. The number of hydrogen-bond donors (Lipinski definition) is 2. The fourth-order valence-corrected chi connectivity index (χ4v) is 6.75. The zero-order chi connectivity index (χ0) is 31.7. The van der Waals surface area contributed by atoms with Crippen LogP contribution in [0, 0.1) is 13.8 Å². The molecular formula is C35H37Cl2N3O5. The normalized spacial score (nSPS) is 19.3. The number of carboxylic acid groups (broad SMARTS) is 1. The predicted octanol–water partition coefficient (Wildman–Crippen LogP) is 6.74. The molecule has 10 heteroatoms. The summed E-state index contributed by atoms with van der Waals surface area (Å²) in [5.41, 5.74) is 5.40. The number of rotatable bonds is 10. The molecule has 6 rings (SSSR count). The Morgan fingerprint density at radius 2 is 1.67 bits per heavy atom. The van der Waals surface area contributed by atoms with Gasteiger partial charge in [0.1, 0.15) is 24.7 Å². The second-order valence-corrected chi connectivity index (χ2v) is 12.8. The summed E-state index contributed by atoms with van der Waals surface area (Å²) in [6.45, 7) is 5.97. The molecule has 8 nitrogen and oxygen atoms in total. The van der Waals surface area contributed by atoms with Gasteiger partial charge in [-0.25, -0.2) is 4.79 Å². The molecule has 0 unspecified atom stereocenters. The van der Waals surface area contributed by atoms with Crippen LogP contribution >= 0.6 is 23.2 Å². The van der Waals surface area contributed by atoms with Gasteiger partial charge in [-0.15, -0.1) is 0 Å². The Kier molecular flexibility index (Phi) is 9.26. The van der Waals surface area contributed by atoms with E-state index in [4.69, 9.17) is 32.7 Å². The van der Waals surface area contributed by atoms with Gasteiger partial charge >= 0.3 is 6.09 Å². The van der Waals surface area contributed by atoms with Crippen molar-refractivity contribution in [3.63, 3.8) is 0 Å². The van der Waals surface area contributed by atoms with Crippen LogP contribution < -0.4 is 14.8 Å². The van der Waals surface area contributed by atoms with Crippen molar-refractivity contribution in [3.05, 3.63) is 98.5 Å². The van der Waals surface area contributed by atoms with Crippen LogP contribution in [-0.2, 0) is 11.3 Å². The van der Waals surface area contributed by atoms with Gasteiger partial charge in [-0.3, -0.25) is 9.69 Å². The van der Waals surface area contributed by atoms with E-state index in [-0.39, 0.29) is 18.0 Å². The Bertz CT molecular complexity index is 1620. The molecule has 2 N–H and O–H groups in total. The van der Waals surface area contributed by atoms with E-state index in [1.165, 1.54) is 4.90 Å². The van der Waals surface area contributed by atoms with Gasteiger partial charge in [0, 0.05) is 36.3 Å². The van der Waals surface area contributed by atoms with Crippen LogP contribution in [0.1, 0.15) is 41.5 Å². The molecule has 0 radical (unpaired) electrons. The number of benzene rings is 3. The SMILES string of the molecule is Cc1cc(Cl)c(OCCOc2ccc(C3=C(C(=O)N(Cc4ccccc4Cl)C4CC4)[C@H]4CNC[C@@H](C3)N4C(=O)O)cc2)cc1C. The van der Waals surface area contributed by atoms with Gasteiger partial charge in [0.05, 0.1) is 17.1 Å². The van der Waals surface area contributed by atoms with E-state index in [1.54, 1.807) is 0 Å². The minimum Gasteiger partial charge on any atom is -0.490 e. The zero-order valence-corrected chi connectivity index (χ0v) is 26.9.